The van der Waals surface area contributed by atoms with Gasteiger partial charge in [0.15, 0.2) is 0 Å². The Labute approximate surface area is 184 Å². The van der Waals surface area contributed by atoms with Crippen molar-refractivity contribution < 1.29 is 38.1 Å². The van der Waals surface area contributed by atoms with E-state index >= 15 is 0 Å². The summed E-state index contributed by atoms with van der Waals surface area (Å²) in [5.74, 6) is -1.90. The van der Waals surface area contributed by atoms with E-state index in [-0.39, 0.29) is 13.0 Å². The Morgan fingerprint density at radius 3 is 1.81 bits per heavy atom. The summed E-state index contributed by atoms with van der Waals surface area (Å²) in [7, 11) is 1.31. The second-order valence-electron chi connectivity index (χ2n) is 10.4. The molecule has 1 aliphatic heterocycles. The molecule has 178 valence electrons. The zero-order chi connectivity index (χ0) is 24.4. The Kier molecular flexibility index (Phi) is 7.76. The van der Waals surface area contributed by atoms with E-state index in [1.165, 1.54) is 7.11 Å². The van der Waals surface area contributed by atoms with Crippen molar-refractivity contribution in [1.82, 2.24) is 9.80 Å². The molecule has 1 rings (SSSR count). The number of nitrogens with zero attached hydrogens (tertiary/aromatic N) is 2. The molecule has 0 unspecified atom stereocenters. The van der Waals surface area contributed by atoms with Gasteiger partial charge in [-0.1, -0.05) is 0 Å². The maximum Gasteiger partial charge on any atom is 0.417 e. The van der Waals surface area contributed by atoms with Gasteiger partial charge in [0.25, 0.3) is 5.91 Å². The highest BCUT2D eigenvalue weighted by Gasteiger charge is 2.62. The van der Waals surface area contributed by atoms with Crippen molar-refractivity contribution in [1.29, 1.82) is 0 Å². The average Bonchev–Trinajstić information content (AvgIpc) is 2.86. The van der Waals surface area contributed by atoms with Crippen molar-refractivity contribution >= 4 is 24.1 Å². The van der Waals surface area contributed by atoms with Crippen LogP contribution >= 0.6 is 0 Å². The van der Waals surface area contributed by atoms with E-state index in [0.29, 0.717) is 0 Å². The van der Waals surface area contributed by atoms with Crippen LogP contribution in [-0.4, -0.2) is 76.6 Å². The van der Waals surface area contributed by atoms with Crippen LogP contribution in [0, 0.1) is 0 Å². The Balaban J connectivity index is 3.48. The lowest BCUT2D eigenvalue weighted by Gasteiger charge is -2.38. The van der Waals surface area contributed by atoms with E-state index < -0.39 is 53.1 Å². The predicted octanol–water partition coefficient (Wildman–Crippen LogP) is 3.08. The number of imide groups is 1. The Hall–Kier alpha value is -2.36. The first-order valence-electron chi connectivity index (χ1n) is 10.1. The summed E-state index contributed by atoms with van der Waals surface area (Å²) in [5, 5.41) is 0. The molecular weight excluding hydrogens is 408 g/mol. The van der Waals surface area contributed by atoms with Gasteiger partial charge in [-0.15, -0.1) is 0 Å². The fourth-order valence-electron chi connectivity index (χ4n) is 2.87. The molecule has 0 aromatic heterocycles. The van der Waals surface area contributed by atoms with Crippen molar-refractivity contribution in [2.45, 2.75) is 91.1 Å². The van der Waals surface area contributed by atoms with Gasteiger partial charge in [0.05, 0.1) is 0 Å². The normalized spacial score (nSPS) is 19.8. The lowest BCUT2D eigenvalue weighted by molar-refractivity contribution is -0.175. The number of hydrogen-bond donors (Lipinski definition) is 0. The first kappa shape index (κ1) is 26.7. The van der Waals surface area contributed by atoms with Gasteiger partial charge in [0, 0.05) is 20.1 Å². The molecule has 1 fully saturated rings. The van der Waals surface area contributed by atoms with Crippen LogP contribution in [0.1, 0.15) is 68.7 Å². The van der Waals surface area contributed by atoms with E-state index in [0.717, 1.165) is 9.80 Å². The zero-order valence-corrected chi connectivity index (χ0v) is 20.3. The van der Waals surface area contributed by atoms with Crippen LogP contribution in [0.3, 0.4) is 0 Å². The van der Waals surface area contributed by atoms with Gasteiger partial charge in [0.1, 0.15) is 23.5 Å². The van der Waals surface area contributed by atoms with E-state index in [9.17, 15) is 19.2 Å². The third kappa shape index (κ3) is 6.81. The first-order chi connectivity index (χ1) is 13.8. The molecule has 10 nitrogen and oxygen atoms in total. The molecule has 1 saturated heterocycles. The molecule has 0 N–H and O–H groups in total. The fourth-order valence-corrected chi connectivity index (χ4v) is 2.87. The summed E-state index contributed by atoms with van der Waals surface area (Å²) in [6.07, 6.45) is -2.05. The number of ether oxygens (including phenoxy) is 4. The number of amides is 3. The highest BCUT2D eigenvalue weighted by Crippen LogP contribution is 2.35. The summed E-state index contributed by atoms with van der Waals surface area (Å²) in [6, 6.07) is 0. The number of rotatable bonds is 4. The largest absolute Gasteiger partial charge is 0.458 e. The highest BCUT2D eigenvalue weighted by atomic mass is 16.6. The Morgan fingerprint density at radius 1 is 0.903 bits per heavy atom. The fraction of sp³-hybridized carbons (Fsp3) is 0.810. The summed E-state index contributed by atoms with van der Waals surface area (Å²) >= 11 is 0. The minimum absolute atomic E-state index is 0.143. The van der Waals surface area contributed by atoms with Crippen LogP contribution in [0.4, 0.5) is 9.59 Å². The van der Waals surface area contributed by atoms with Gasteiger partial charge in [-0.25, -0.2) is 19.3 Å². The van der Waals surface area contributed by atoms with Gasteiger partial charge in [0.2, 0.25) is 5.54 Å². The second kappa shape index (κ2) is 9.02. The number of esters is 1. The standard InChI is InChI=1S/C21H36N2O8/c1-18(2,3)29-15(25)21(23(13-28-10)17(27)31-20(7,8)9)11-12-22(14(21)24)16(26)30-19(4,5)6/h11-13H2,1-10H3/t21-/m0/s1. The summed E-state index contributed by atoms with van der Waals surface area (Å²) in [5.41, 5.74) is -4.84. The molecule has 0 radical (unpaired) electrons. The summed E-state index contributed by atoms with van der Waals surface area (Å²) < 4.78 is 21.3. The Morgan fingerprint density at radius 2 is 1.39 bits per heavy atom. The lowest BCUT2D eigenvalue weighted by atomic mass is 9.95. The number of carbonyl (C=O) groups excluding carboxylic acids is 4. The SMILES string of the molecule is COCN(C(=O)OC(C)(C)C)[C@@]1(C(=O)OC(C)(C)C)CCN(C(=O)OC(C)(C)C)C1=O. The predicted molar refractivity (Wildman–Crippen MR) is 111 cm³/mol. The number of methoxy groups -OCH3 is 1. The number of likely N-dealkylation sites (tertiary alicyclic amines) is 1. The third-order valence-electron chi connectivity index (χ3n) is 3.98. The molecule has 0 bridgehead atoms. The minimum atomic E-state index is -2.14. The third-order valence-corrected chi connectivity index (χ3v) is 3.98. The quantitative estimate of drug-likeness (QED) is 0.281. The highest BCUT2D eigenvalue weighted by molar-refractivity contribution is 6.14. The molecule has 1 aliphatic rings. The van der Waals surface area contributed by atoms with E-state index in [2.05, 4.69) is 0 Å². The van der Waals surface area contributed by atoms with Crippen molar-refractivity contribution in [2.75, 3.05) is 20.4 Å². The lowest BCUT2D eigenvalue weighted by Crippen LogP contribution is -2.64. The van der Waals surface area contributed by atoms with Crippen LogP contribution in [-0.2, 0) is 28.5 Å². The summed E-state index contributed by atoms with van der Waals surface area (Å²) in [6.45, 7) is 14.3. The van der Waals surface area contributed by atoms with Crippen molar-refractivity contribution in [3.05, 3.63) is 0 Å². The second-order valence-corrected chi connectivity index (χ2v) is 10.4. The monoisotopic (exact) mass is 444 g/mol. The van der Waals surface area contributed by atoms with Gasteiger partial charge in [-0.05, 0) is 62.3 Å². The topological polar surface area (TPSA) is 112 Å². The Bertz CT molecular complexity index is 714. The summed E-state index contributed by atoms with van der Waals surface area (Å²) in [4.78, 5) is 54.1. The molecule has 1 atom stereocenters. The van der Waals surface area contributed by atoms with Crippen molar-refractivity contribution in [3.8, 4) is 0 Å². The zero-order valence-electron chi connectivity index (χ0n) is 20.3. The van der Waals surface area contributed by atoms with Crippen molar-refractivity contribution in [3.63, 3.8) is 0 Å². The molecule has 0 saturated carbocycles. The van der Waals surface area contributed by atoms with Gasteiger partial charge in [-0.3, -0.25) is 9.69 Å². The molecule has 0 spiro atoms. The van der Waals surface area contributed by atoms with E-state index in [4.69, 9.17) is 18.9 Å². The molecule has 0 aliphatic carbocycles. The van der Waals surface area contributed by atoms with Crippen LogP contribution in [0.25, 0.3) is 0 Å². The first-order valence-corrected chi connectivity index (χ1v) is 10.1. The maximum atomic E-state index is 13.5. The molecular formula is C21H36N2O8. The van der Waals surface area contributed by atoms with Crippen LogP contribution < -0.4 is 0 Å². The number of hydrogen-bond acceptors (Lipinski definition) is 8. The van der Waals surface area contributed by atoms with Crippen LogP contribution in [0.15, 0.2) is 0 Å². The van der Waals surface area contributed by atoms with E-state index in [1.54, 1.807) is 62.3 Å². The maximum absolute atomic E-state index is 13.5. The minimum Gasteiger partial charge on any atom is -0.458 e. The average molecular weight is 445 g/mol. The molecule has 10 heteroatoms. The molecule has 0 aromatic rings. The van der Waals surface area contributed by atoms with Gasteiger partial charge in [-0.2, -0.15) is 0 Å². The molecule has 31 heavy (non-hydrogen) atoms. The van der Waals surface area contributed by atoms with Crippen molar-refractivity contribution in [2.24, 2.45) is 0 Å². The molecule has 1 heterocycles. The number of carbonyl (C=O) groups is 4. The smallest absolute Gasteiger partial charge is 0.417 e. The molecule has 0 aromatic carbocycles. The van der Waals surface area contributed by atoms with E-state index in [1.807, 2.05) is 0 Å². The van der Waals surface area contributed by atoms with Gasteiger partial charge < -0.3 is 18.9 Å². The van der Waals surface area contributed by atoms with Gasteiger partial charge >= 0.3 is 18.2 Å². The van der Waals surface area contributed by atoms with Crippen LogP contribution in [0.2, 0.25) is 0 Å². The van der Waals surface area contributed by atoms with Crippen LogP contribution in [0.5, 0.6) is 0 Å². The molecule has 3 amide bonds.